The molecule has 0 spiro atoms. The van der Waals surface area contributed by atoms with Gasteiger partial charge in [-0.1, -0.05) is 31.5 Å². The monoisotopic (exact) mass is 627 g/mol. The molecule has 4 rings (SSSR count). The second-order valence-electron chi connectivity index (χ2n) is 12.9. The summed E-state index contributed by atoms with van der Waals surface area (Å²) < 4.78 is 44.0. The number of rotatable bonds is 12. The smallest absolute Gasteiger partial charge is 0.305 e. The van der Waals surface area contributed by atoms with Crippen molar-refractivity contribution in [2.45, 2.75) is 85.3 Å². The van der Waals surface area contributed by atoms with Gasteiger partial charge >= 0.3 is 5.97 Å². The minimum absolute atomic E-state index is 0.0330. The molecule has 2 unspecified atom stereocenters. The minimum atomic E-state index is -1.73. The van der Waals surface area contributed by atoms with Gasteiger partial charge in [-0.3, -0.25) is 14.5 Å². The molecular weight excluding hydrogens is 583 g/mol. The van der Waals surface area contributed by atoms with Crippen molar-refractivity contribution in [1.82, 2.24) is 15.1 Å². The van der Waals surface area contributed by atoms with Crippen molar-refractivity contribution in [3.05, 3.63) is 81.6 Å². The van der Waals surface area contributed by atoms with Crippen LogP contribution in [0.15, 0.2) is 47.9 Å². The Morgan fingerprint density at radius 1 is 1.02 bits per heavy atom. The number of aryl methyl sites for hydroxylation is 4. The fourth-order valence-corrected chi connectivity index (χ4v) is 6.39. The summed E-state index contributed by atoms with van der Waals surface area (Å²) in [5.41, 5.74) is 5.52. The predicted octanol–water partition coefficient (Wildman–Crippen LogP) is 6.19. The molecule has 244 valence electrons. The molecule has 2 aromatic carbocycles. The quantitative estimate of drug-likeness (QED) is 0.260. The number of carbonyl (C=O) groups excluding carboxylic acids is 1. The van der Waals surface area contributed by atoms with Crippen LogP contribution in [0, 0.1) is 39.4 Å². The number of carboxylic acids is 1. The van der Waals surface area contributed by atoms with Crippen LogP contribution < -0.4 is 5.32 Å². The Kier molecular flexibility index (Phi) is 10.8. The zero-order valence-corrected chi connectivity index (χ0v) is 26.8. The molecule has 2 aromatic rings. The lowest BCUT2D eigenvalue weighted by molar-refractivity contribution is -0.138. The van der Waals surface area contributed by atoms with Gasteiger partial charge in [0.2, 0.25) is 5.91 Å². The number of nitrogens with zero attached hydrogens (tertiary/aromatic N) is 2. The van der Waals surface area contributed by atoms with E-state index in [2.05, 4.69) is 5.32 Å². The number of halogens is 3. The van der Waals surface area contributed by atoms with Gasteiger partial charge in [0.15, 0.2) is 6.23 Å². The number of aliphatic hydroxyl groups excluding tert-OH is 1. The minimum Gasteiger partial charge on any atom is -0.481 e. The van der Waals surface area contributed by atoms with Gasteiger partial charge in [-0.15, -0.1) is 0 Å². The summed E-state index contributed by atoms with van der Waals surface area (Å²) in [5.74, 6) is -3.41. The molecular formula is C35H44F3N3O4. The summed E-state index contributed by atoms with van der Waals surface area (Å²) in [7, 11) is 0. The molecule has 3 N–H and O–H groups in total. The molecule has 3 atom stereocenters. The zero-order chi connectivity index (χ0) is 33.2. The molecule has 2 heterocycles. The Bertz CT molecular complexity index is 1480. The van der Waals surface area contributed by atoms with Gasteiger partial charge in [-0.05, 0) is 98.1 Å². The number of aliphatic carboxylic acids is 1. The van der Waals surface area contributed by atoms with Crippen molar-refractivity contribution in [2.24, 2.45) is 5.92 Å². The first kappa shape index (κ1) is 34.2. The first-order chi connectivity index (χ1) is 21.1. The van der Waals surface area contributed by atoms with Gasteiger partial charge < -0.3 is 20.4 Å². The maximum Gasteiger partial charge on any atom is 0.305 e. The lowest BCUT2D eigenvalue weighted by atomic mass is 9.89. The molecule has 0 aromatic heterocycles. The largest absolute Gasteiger partial charge is 0.481 e. The van der Waals surface area contributed by atoms with E-state index in [1.807, 2.05) is 51.7 Å². The van der Waals surface area contributed by atoms with Crippen molar-refractivity contribution in [2.75, 3.05) is 19.6 Å². The normalized spacial score (nSPS) is 18.7. The summed E-state index contributed by atoms with van der Waals surface area (Å²) >= 11 is 0. The summed E-state index contributed by atoms with van der Waals surface area (Å²) in [4.78, 5) is 29.1. The zero-order valence-electron chi connectivity index (χ0n) is 26.8. The average Bonchev–Trinajstić information content (AvgIpc) is 2.91. The number of hydrogen-bond acceptors (Lipinski definition) is 5. The number of hydrogen-bond donors (Lipinski definition) is 3. The third-order valence-corrected chi connectivity index (χ3v) is 8.47. The molecule has 2 aliphatic heterocycles. The number of aliphatic hydroxyl groups is 1. The van der Waals surface area contributed by atoms with Crippen molar-refractivity contribution in [3.63, 3.8) is 0 Å². The second kappa shape index (κ2) is 14.2. The highest BCUT2D eigenvalue weighted by atomic mass is 19.1. The van der Waals surface area contributed by atoms with Crippen molar-refractivity contribution in [3.8, 4) is 11.1 Å². The van der Waals surface area contributed by atoms with Crippen LogP contribution in [0.25, 0.3) is 11.1 Å². The molecule has 45 heavy (non-hydrogen) atoms. The third kappa shape index (κ3) is 8.16. The van der Waals surface area contributed by atoms with E-state index in [0.29, 0.717) is 42.8 Å². The van der Waals surface area contributed by atoms with Crippen LogP contribution in [0.4, 0.5) is 13.2 Å². The molecule has 1 fully saturated rings. The van der Waals surface area contributed by atoms with E-state index in [9.17, 15) is 24.2 Å². The number of nitrogens with one attached hydrogen (secondary N) is 1. The maximum absolute atomic E-state index is 15.8. The predicted molar refractivity (Wildman–Crippen MR) is 168 cm³/mol. The Morgan fingerprint density at radius 3 is 2.24 bits per heavy atom. The Hall–Kier alpha value is -3.63. The fourth-order valence-electron chi connectivity index (χ4n) is 6.39. The average molecular weight is 628 g/mol. The van der Waals surface area contributed by atoms with Crippen LogP contribution in [0.5, 0.6) is 0 Å². The molecule has 7 nitrogen and oxygen atoms in total. The summed E-state index contributed by atoms with van der Waals surface area (Å²) in [5, 5.41) is 23.3. The second-order valence-corrected chi connectivity index (χ2v) is 12.9. The standard InChI is InChI=1S/C35H44F3N3O4/c1-19(2)9-30(41-16-24(13-28(37)35(41)45)7-8-40-17-26(36)18-40)34(44)39-29(15-31(42)43)27-14-25(12-23(6)33(27)38)32-21(4)10-20(3)11-22(32)5/h10-14,16,19,26,29-30,35,45H,7-9,15,17-18H2,1-6H3,(H,39,44)(H,42,43)/t29-,30?,35?/m0/s1. The van der Waals surface area contributed by atoms with Crippen molar-refractivity contribution >= 4 is 11.9 Å². The van der Waals surface area contributed by atoms with Gasteiger partial charge in [0.1, 0.15) is 23.9 Å². The van der Waals surface area contributed by atoms with E-state index >= 15 is 8.78 Å². The molecule has 0 saturated carbocycles. The molecule has 2 aliphatic rings. The number of allylic oxidation sites excluding steroid dienone is 1. The van der Waals surface area contributed by atoms with E-state index in [4.69, 9.17) is 0 Å². The van der Waals surface area contributed by atoms with Crippen LogP contribution >= 0.6 is 0 Å². The van der Waals surface area contributed by atoms with E-state index < -0.39 is 54.4 Å². The number of alkyl halides is 1. The number of benzene rings is 2. The summed E-state index contributed by atoms with van der Waals surface area (Å²) in [6.45, 7) is 12.4. The van der Waals surface area contributed by atoms with Crippen LogP contribution in [-0.4, -0.2) is 70.0 Å². The van der Waals surface area contributed by atoms with E-state index in [1.54, 1.807) is 19.1 Å². The lowest BCUT2D eigenvalue weighted by Crippen LogP contribution is -2.51. The Morgan fingerprint density at radius 2 is 1.67 bits per heavy atom. The van der Waals surface area contributed by atoms with E-state index in [0.717, 1.165) is 22.3 Å². The lowest BCUT2D eigenvalue weighted by Gasteiger charge is -2.38. The Labute approximate surface area is 263 Å². The van der Waals surface area contributed by atoms with E-state index in [1.165, 1.54) is 17.2 Å². The van der Waals surface area contributed by atoms with Crippen LogP contribution in [0.1, 0.15) is 67.0 Å². The van der Waals surface area contributed by atoms with Crippen LogP contribution in [-0.2, 0) is 9.59 Å². The third-order valence-electron chi connectivity index (χ3n) is 8.47. The van der Waals surface area contributed by atoms with Gasteiger partial charge in [0, 0.05) is 31.4 Å². The van der Waals surface area contributed by atoms with Gasteiger partial charge in [-0.2, -0.15) is 0 Å². The van der Waals surface area contributed by atoms with Crippen molar-refractivity contribution < 1.29 is 33.0 Å². The molecule has 0 aliphatic carbocycles. The number of likely N-dealkylation sites (tertiary alicyclic amines) is 1. The summed E-state index contributed by atoms with van der Waals surface area (Å²) in [6, 6.07) is 5.03. The number of carbonyl (C=O) groups is 2. The first-order valence-corrected chi connectivity index (χ1v) is 15.4. The highest BCUT2D eigenvalue weighted by Gasteiger charge is 2.36. The highest BCUT2D eigenvalue weighted by Crippen LogP contribution is 2.34. The van der Waals surface area contributed by atoms with Gasteiger partial charge in [0.25, 0.3) is 0 Å². The first-order valence-electron chi connectivity index (χ1n) is 15.4. The van der Waals surface area contributed by atoms with Crippen molar-refractivity contribution in [1.29, 1.82) is 0 Å². The SMILES string of the molecule is Cc1cc(C)c(-c2cc(C)c(F)c([C@H](CC(=O)O)NC(=O)C(CC(C)C)N3C=C(CCN4CC(F)C4)C=C(F)C3O)c2)c(C)c1. The maximum atomic E-state index is 15.8. The number of carboxylic acid groups (broad SMARTS) is 1. The number of amides is 1. The van der Waals surface area contributed by atoms with Crippen LogP contribution in [0.3, 0.4) is 0 Å². The molecule has 10 heteroatoms. The van der Waals surface area contributed by atoms with Gasteiger partial charge in [-0.25, -0.2) is 13.2 Å². The summed E-state index contributed by atoms with van der Waals surface area (Å²) in [6.07, 6.45) is 0.171. The Balaban J connectivity index is 1.68. The van der Waals surface area contributed by atoms with E-state index in [-0.39, 0.29) is 17.9 Å². The van der Waals surface area contributed by atoms with Crippen LogP contribution in [0.2, 0.25) is 0 Å². The molecule has 1 amide bonds. The molecule has 0 bridgehead atoms. The molecule has 1 saturated heterocycles. The topological polar surface area (TPSA) is 93.1 Å². The fraction of sp³-hybridized carbons (Fsp3) is 0.486. The highest BCUT2D eigenvalue weighted by molar-refractivity contribution is 5.83. The molecule has 0 radical (unpaired) electrons. The van der Waals surface area contributed by atoms with Gasteiger partial charge in [0.05, 0.1) is 12.5 Å².